The van der Waals surface area contributed by atoms with Crippen LogP contribution in [0.5, 0.6) is 0 Å². The summed E-state index contributed by atoms with van der Waals surface area (Å²) in [5.41, 5.74) is -0.439. The maximum absolute atomic E-state index is 11.8. The molecule has 0 aromatic heterocycles. The van der Waals surface area contributed by atoms with Gasteiger partial charge in [-0.15, -0.1) is 0 Å². The second-order valence-electron chi connectivity index (χ2n) is 7.89. The summed E-state index contributed by atoms with van der Waals surface area (Å²) in [6.07, 6.45) is 4.62. The predicted molar refractivity (Wildman–Crippen MR) is 87.4 cm³/mol. The lowest BCUT2D eigenvalue weighted by Crippen LogP contribution is -2.47. The van der Waals surface area contributed by atoms with Gasteiger partial charge in [0.25, 0.3) is 0 Å². The molecule has 4 heteroatoms. The minimum Gasteiger partial charge on any atom is -0.444 e. The van der Waals surface area contributed by atoms with Gasteiger partial charge in [0.15, 0.2) is 0 Å². The van der Waals surface area contributed by atoms with E-state index >= 15 is 0 Å². The van der Waals surface area contributed by atoms with Gasteiger partial charge in [-0.1, -0.05) is 27.2 Å². The predicted octanol–water partition coefficient (Wildman–Crippen LogP) is 3.70. The number of rotatable bonds is 6. The van der Waals surface area contributed by atoms with Crippen molar-refractivity contribution in [3.05, 3.63) is 0 Å². The lowest BCUT2D eigenvalue weighted by Gasteiger charge is -2.28. The van der Waals surface area contributed by atoms with Crippen LogP contribution in [0.4, 0.5) is 4.79 Å². The summed E-state index contributed by atoms with van der Waals surface area (Å²) in [5, 5.41) is 6.65. The van der Waals surface area contributed by atoms with Crippen LogP contribution in [-0.4, -0.2) is 30.3 Å². The largest absolute Gasteiger partial charge is 0.444 e. The number of amides is 1. The van der Waals surface area contributed by atoms with Gasteiger partial charge < -0.3 is 15.4 Å². The molecule has 2 N–H and O–H groups in total. The van der Waals surface area contributed by atoms with Crippen LogP contribution in [0.3, 0.4) is 0 Å². The van der Waals surface area contributed by atoms with E-state index in [0.717, 1.165) is 12.3 Å². The second-order valence-corrected chi connectivity index (χ2v) is 7.89. The van der Waals surface area contributed by atoms with E-state index in [1.54, 1.807) is 0 Å². The molecule has 0 aromatic rings. The SMILES string of the molecule is CC(C)CC(CNC(=O)OC(C)(C)C)NC1CCCC1C. The molecule has 124 valence electrons. The van der Waals surface area contributed by atoms with Gasteiger partial charge in [0, 0.05) is 18.6 Å². The highest BCUT2D eigenvalue weighted by Gasteiger charge is 2.26. The van der Waals surface area contributed by atoms with E-state index in [1.807, 2.05) is 20.8 Å². The summed E-state index contributed by atoms with van der Waals surface area (Å²) < 4.78 is 5.31. The first-order valence-corrected chi connectivity index (χ1v) is 8.40. The highest BCUT2D eigenvalue weighted by atomic mass is 16.6. The third-order valence-electron chi connectivity index (χ3n) is 3.96. The highest BCUT2D eigenvalue weighted by molar-refractivity contribution is 5.67. The Kier molecular flexibility index (Phi) is 6.98. The molecule has 0 aliphatic heterocycles. The zero-order valence-corrected chi connectivity index (χ0v) is 14.7. The van der Waals surface area contributed by atoms with Crippen molar-refractivity contribution in [3.8, 4) is 0 Å². The molecule has 21 heavy (non-hydrogen) atoms. The van der Waals surface area contributed by atoms with Crippen molar-refractivity contribution in [2.75, 3.05) is 6.54 Å². The average molecular weight is 298 g/mol. The van der Waals surface area contributed by atoms with Gasteiger partial charge in [-0.05, 0) is 51.9 Å². The van der Waals surface area contributed by atoms with Gasteiger partial charge in [0.1, 0.15) is 5.60 Å². The molecule has 0 bridgehead atoms. The Morgan fingerprint density at radius 1 is 1.29 bits per heavy atom. The van der Waals surface area contributed by atoms with E-state index in [9.17, 15) is 4.79 Å². The Morgan fingerprint density at radius 2 is 1.95 bits per heavy atom. The zero-order valence-electron chi connectivity index (χ0n) is 14.7. The van der Waals surface area contributed by atoms with Gasteiger partial charge in [-0.25, -0.2) is 4.79 Å². The van der Waals surface area contributed by atoms with Crippen LogP contribution in [0, 0.1) is 11.8 Å². The zero-order chi connectivity index (χ0) is 16.0. The van der Waals surface area contributed by atoms with Crippen molar-refractivity contribution in [2.24, 2.45) is 11.8 Å². The van der Waals surface area contributed by atoms with E-state index in [0.29, 0.717) is 24.5 Å². The quantitative estimate of drug-likeness (QED) is 0.786. The van der Waals surface area contributed by atoms with Crippen LogP contribution in [0.25, 0.3) is 0 Å². The Morgan fingerprint density at radius 3 is 2.43 bits per heavy atom. The van der Waals surface area contributed by atoms with Crippen LogP contribution in [-0.2, 0) is 4.74 Å². The summed E-state index contributed by atoms with van der Waals surface area (Å²) >= 11 is 0. The number of ether oxygens (including phenoxy) is 1. The number of carbonyl (C=O) groups is 1. The van der Waals surface area contributed by atoms with Crippen LogP contribution < -0.4 is 10.6 Å². The molecule has 3 atom stereocenters. The first-order valence-electron chi connectivity index (χ1n) is 8.40. The fourth-order valence-electron chi connectivity index (χ4n) is 3.00. The molecule has 1 saturated carbocycles. The molecule has 0 radical (unpaired) electrons. The Balaban J connectivity index is 2.44. The number of hydrogen-bond acceptors (Lipinski definition) is 3. The van der Waals surface area contributed by atoms with E-state index < -0.39 is 5.60 Å². The van der Waals surface area contributed by atoms with E-state index in [-0.39, 0.29) is 6.09 Å². The molecule has 0 spiro atoms. The number of alkyl carbamates (subject to hydrolysis) is 1. The van der Waals surface area contributed by atoms with Crippen LogP contribution in [0.15, 0.2) is 0 Å². The molecular formula is C17H34N2O2. The van der Waals surface area contributed by atoms with E-state index in [4.69, 9.17) is 4.74 Å². The number of nitrogens with one attached hydrogen (secondary N) is 2. The van der Waals surface area contributed by atoms with Crippen molar-refractivity contribution >= 4 is 6.09 Å². The maximum Gasteiger partial charge on any atom is 0.407 e. The van der Waals surface area contributed by atoms with Crippen LogP contribution >= 0.6 is 0 Å². The third-order valence-corrected chi connectivity index (χ3v) is 3.96. The van der Waals surface area contributed by atoms with Crippen molar-refractivity contribution < 1.29 is 9.53 Å². The van der Waals surface area contributed by atoms with Crippen LogP contribution in [0.2, 0.25) is 0 Å². The molecule has 4 nitrogen and oxygen atoms in total. The smallest absolute Gasteiger partial charge is 0.407 e. The van der Waals surface area contributed by atoms with Crippen molar-refractivity contribution in [3.63, 3.8) is 0 Å². The summed E-state index contributed by atoms with van der Waals surface area (Å²) in [7, 11) is 0. The first-order chi connectivity index (χ1) is 9.67. The molecule has 0 saturated heterocycles. The average Bonchev–Trinajstić information content (AvgIpc) is 2.69. The standard InChI is InChI=1S/C17H34N2O2/c1-12(2)10-14(19-15-9-7-8-13(15)3)11-18-16(20)21-17(4,5)6/h12-15,19H,7-11H2,1-6H3,(H,18,20). The Hall–Kier alpha value is -0.770. The summed E-state index contributed by atoms with van der Waals surface area (Å²) in [6.45, 7) is 13.1. The van der Waals surface area contributed by atoms with Gasteiger partial charge in [0.05, 0.1) is 0 Å². The highest BCUT2D eigenvalue weighted by Crippen LogP contribution is 2.25. The minimum atomic E-state index is -0.439. The monoisotopic (exact) mass is 298 g/mol. The molecule has 1 aliphatic carbocycles. The molecule has 0 heterocycles. The summed E-state index contributed by atoms with van der Waals surface area (Å²) in [6, 6.07) is 0.914. The first kappa shape index (κ1) is 18.3. The molecule has 1 fully saturated rings. The van der Waals surface area contributed by atoms with Gasteiger partial charge in [0.2, 0.25) is 0 Å². The molecule has 1 aliphatic rings. The Labute approximate surface area is 130 Å². The number of carbonyl (C=O) groups excluding carboxylic acids is 1. The molecule has 1 rings (SSSR count). The molecule has 0 aromatic carbocycles. The molecule has 1 amide bonds. The van der Waals surface area contributed by atoms with Gasteiger partial charge in [-0.3, -0.25) is 0 Å². The molecule has 3 unspecified atom stereocenters. The minimum absolute atomic E-state index is 0.322. The fourth-order valence-corrected chi connectivity index (χ4v) is 3.00. The summed E-state index contributed by atoms with van der Waals surface area (Å²) in [4.78, 5) is 11.8. The Bertz CT molecular complexity index is 323. The lowest BCUT2D eigenvalue weighted by atomic mass is 10.00. The maximum atomic E-state index is 11.8. The third kappa shape index (κ3) is 7.70. The normalized spacial score (nSPS) is 24.1. The number of hydrogen-bond donors (Lipinski definition) is 2. The van der Waals surface area contributed by atoms with Crippen LogP contribution in [0.1, 0.15) is 67.2 Å². The second kappa shape index (κ2) is 8.02. The summed E-state index contributed by atoms with van der Waals surface area (Å²) in [5.74, 6) is 1.35. The lowest BCUT2D eigenvalue weighted by molar-refractivity contribution is 0.0519. The molecular weight excluding hydrogens is 264 g/mol. The van der Waals surface area contributed by atoms with Crippen molar-refractivity contribution in [1.29, 1.82) is 0 Å². The van der Waals surface area contributed by atoms with E-state index in [1.165, 1.54) is 19.3 Å². The van der Waals surface area contributed by atoms with Crippen molar-refractivity contribution in [2.45, 2.75) is 84.9 Å². The van der Waals surface area contributed by atoms with Crippen molar-refractivity contribution in [1.82, 2.24) is 10.6 Å². The van der Waals surface area contributed by atoms with Gasteiger partial charge in [-0.2, -0.15) is 0 Å². The fraction of sp³-hybridized carbons (Fsp3) is 0.941. The topological polar surface area (TPSA) is 50.4 Å². The van der Waals surface area contributed by atoms with Gasteiger partial charge >= 0.3 is 6.09 Å². The van der Waals surface area contributed by atoms with E-state index in [2.05, 4.69) is 31.4 Å².